The predicted octanol–water partition coefficient (Wildman–Crippen LogP) is 3.53. The number of nitro groups is 1. The normalized spacial score (nSPS) is 10.6. The van der Waals surface area contributed by atoms with Crippen molar-refractivity contribution < 1.29 is 19.2 Å². The molecule has 10 heteroatoms. The van der Waals surface area contributed by atoms with Gasteiger partial charge < -0.3 is 14.8 Å². The minimum atomic E-state index is -0.515. The molecule has 1 aromatic heterocycles. The summed E-state index contributed by atoms with van der Waals surface area (Å²) < 4.78 is 12.1. The molecular formula is C24H20N4O6. The molecule has 0 spiro atoms. The molecule has 0 aliphatic heterocycles. The Hall–Kier alpha value is -4.73. The number of anilines is 1. The van der Waals surface area contributed by atoms with Gasteiger partial charge in [0.2, 0.25) is 0 Å². The Balaban J connectivity index is 1.58. The SMILES string of the molecule is COc1ccc(-c2nn(C)c(=O)c3ccccc23)cc1NC(=O)COc1ccc([N+](=O)[O-])cc1. The molecule has 0 aliphatic rings. The highest BCUT2D eigenvalue weighted by molar-refractivity contribution is 5.97. The van der Waals surface area contributed by atoms with E-state index in [4.69, 9.17) is 9.47 Å². The molecule has 3 aromatic carbocycles. The Labute approximate surface area is 193 Å². The van der Waals surface area contributed by atoms with Gasteiger partial charge >= 0.3 is 0 Å². The first-order valence-electron chi connectivity index (χ1n) is 10.2. The van der Waals surface area contributed by atoms with Crippen LogP contribution in [-0.2, 0) is 11.8 Å². The summed E-state index contributed by atoms with van der Waals surface area (Å²) in [4.78, 5) is 35.2. The lowest BCUT2D eigenvalue weighted by Gasteiger charge is -2.14. The quantitative estimate of drug-likeness (QED) is 0.330. The van der Waals surface area contributed by atoms with Crippen molar-refractivity contribution in [3.05, 3.63) is 87.2 Å². The Kier molecular flexibility index (Phi) is 6.22. The summed E-state index contributed by atoms with van der Waals surface area (Å²) in [5.74, 6) is 0.302. The maximum atomic E-state index is 12.5. The highest BCUT2D eigenvalue weighted by Gasteiger charge is 2.15. The first kappa shape index (κ1) is 22.5. The maximum Gasteiger partial charge on any atom is 0.274 e. The summed E-state index contributed by atoms with van der Waals surface area (Å²) in [5.41, 5.74) is 1.39. The second-order valence-electron chi connectivity index (χ2n) is 7.33. The Morgan fingerprint density at radius 1 is 1.09 bits per heavy atom. The fourth-order valence-electron chi connectivity index (χ4n) is 3.47. The number of carbonyl (C=O) groups excluding carboxylic acids is 1. The number of rotatable bonds is 7. The van der Waals surface area contributed by atoms with Crippen molar-refractivity contribution in [2.45, 2.75) is 0 Å². The summed E-state index contributed by atoms with van der Waals surface area (Å²) in [6.45, 7) is -0.313. The summed E-state index contributed by atoms with van der Waals surface area (Å²) in [6, 6.07) is 17.8. The summed E-state index contributed by atoms with van der Waals surface area (Å²) in [6.07, 6.45) is 0. The molecule has 1 amide bonds. The van der Waals surface area contributed by atoms with Crippen LogP contribution in [0.2, 0.25) is 0 Å². The number of benzene rings is 3. The highest BCUT2D eigenvalue weighted by Crippen LogP contribution is 2.32. The van der Waals surface area contributed by atoms with Gasteiger partial charge in [0.05, 0.1) is 28.8 Å². The first-order chi connectivity index (χ1) is 16.4. The third-order valence-corrected chi connectivity index (χ3v) is 5.12. The molecule has 0 aliphatic carbocycles. The van der Waals surface area contributed by atoms with E-state index in [-0.39, 0.29) is 17.9 Å². The van der Waals surface area contributed by atoms with Crippen molar-refractivity contribution in [3.8, 4) is 22.8 Å². The third kappa shape index (κ3) is 4.56. The predicted molar refractivity (Wildman–Crippen MR) is 126 cm³/mol. The number of methoxy groups -OCH3 is 1. The minimum absolute atomic E-state index is 0.0714. The van der Waals surface area contributed by atoms with E-state index in [1.807, 2.05) is 12.1 Å². The van der Waals surface area contributed by atoms with Crippen LogP contribution in [0.5, 0.6) is 11.5 Å². The van der Waals surface area contributed by atoms with Gasteiger partial charge in [-0.05, 0) is 36.4 Å². The van der Waals surface area contributed by atoms with Gasteiger partial charge in [0, 0.05) is 30.1 Å². The van der Waals surface area contributed by atoms with Gasteiger partial charge in [-0.15, -0.1) is 0 Å². The number of nitrogens with zero attached hydrogens (tertiary/aromatic N) is 3. The topological polar surface area (TPSA) is 126 Å². The molecule has 34 heavy (non-hydrogen) atoms. The van der Waals surface area contributed by atoms with E-state index in [2.05, 4.69) is 10.4 Å². The molecule has 172 valence electrons. The molecule has 1 N–H and O–H groups in total. The van der Waals surface area contributed by atoms with E-state index in [1.165, 1.54) is 36.1 Å². The first-order valence-corrected chi connectivity index (χ1v) is 10.2. The Morgan fingerprint density at radius 3 is 2.47 bits per heavy atom. The zero-order valence-electron chi connectivity index (χ0n) is 18.3. The number of amides is 1. The average molecular weight is 460 g/mol. The van der Waals surface area contributed by atoms with Crippen molar-refractivity contribution in [1.29, 1.82) is 0 Å². The number of ether oxygens (including phenoxy) is 2. The van der Waals surface area contributed by atoms with Crippen molar-refractivity contribution in [2.75, 3.05) is 19.0 Å². The van der Waals surface area contributed by atoms with E-state index >= 15 is 0 Å². The minimum Gasteiger partial charge on any atom is -0.495 e. The lowest BCUT2D eigenvalue weighted by Crippen LogP contribution is -2.21. The van der Waals surface area contributed by atoms with Gasteiger partial charge in [0.25, 0.3) is 17.2 Å². The molecule has 0 unspecified atom stereocenters. The Bertz CT molecular complexity index is 1450. The molecule has 0 saturated heterocycles. The number of aromatic nitrogens is 2. The lowest BCUT2D eigenvalue weighted by molar-refractivity contribution is -0.384. The lowest BCUT2D eigenvalue weighted by atomic mass is 10.0. The number of nitrogens with one attached hydrogen (secondary N) is 1. The van der Waals surface area contributed by atoms with Crippen LogP contribution in [0, 0.1) is 10.1 Å². The van der Waals surface area contributed by atoms with E-state index in [1.54, 1.807) is 37.4 Å². The molecule has 0 radical (unpaired) electrons. The van der Waals surface area contributed by atoms with E-state index in [0.29, 0.717) is 39.2 Å². The molecule has 4 rings (SSSR count). The van der Waals surface area contributed by atoms with Crippen molar-refractivity contribution in [1.82, 2.24) is 9.78 Å². The molecular weight excluding hydrogens is 440 g/mol. The Morgan fingerprint density at radius 2 is 1.79 bits per heavy atom. The molecule has 1 heterocycles. The van der Waals surface area contributed by atoms with E-state index < -0.39 is 10.8 Å². The third-order valence-electron chi connectivity index (χ3n) is 5.12. The van der Waals surface area contributed by atoms with Gasteiger partial charge in [0.1, 0.15) is 11.5 Å². The smallest absolute Gasteiger partial charge is 0.274 e. The second-order valence-corrected chi connectivity index (χ2v) is 7.33. The number of nitro benzene ring substituents is 1. The number of aryl methyl sites for hydroxylation is 1. The monoisotopic (exact) mass is 460 g/mol. The molecule has 0 atom stereocenters. The van der Waals surface area contributed by atoms with Crippen molar-refractivity contribution in [3.63, 3.8) is 0 Å². The number of hydrogen-bond acceptors (Lipinski definition) is 7. The second kappa shape index (κ2) is 9.41. The highest BCUT2D eigenvalue weighted by atomic mass is 16.6. The van der Waals surface area contributed by atoms with Crippen LogP contribution < -0.4 is 20.3 Å². The molecule has 10 nitrogen and oxygen atoms in total. The van der Waals surface area contributed by atoms with Crippen LogP contribution in [0.25, 0.3) is 22.0 Å². The average Bonchev–Trinajstić information content (AvgIpc) is 2.85. The molecule has 0 bridgehead atoms. The van der Waals surface area contributed by atoms with Crippen LogP contribution in [0.4, 0.5) is 11.4 Å². The zero-order chi connectivity index (χ0) is 24.2. The fraction of sp³-hybridized carbons (Fsp3) is 0.125. The largest absolute Gasteiger partial charge is 0.495 e. The van der Waals surface area contributed by atoms with Crippen molar-refractivity contribution >= 4 is 28.1 Å². The van der Waals surface area contributed by atoms with Gasteiger partial charge in [-0.3, -0.25) is 19.7 Å². The number of fused-ring (bicyclic) bond motifs is 1. The standard InChI is InChI=1S/C24H20N4O6/c1-27-24(30)19-6-4-3-5-18(19)23(26-27)15-7-12-21(33-2)20(13-15)25-22(29)14-34-17-10-8-16(9-11-17)28(31)32/h3-13H,14H2,1-2H3,(H,25,29). The number of non-ortho nitro benzene ring substituents is 1. The van der Waals surface area contributed by atoms with Crippen LogP contribution >= 0.6 is 0 Å². The molecule has 0 fully saturated rings. The van der Waals surface area contributed by atoms with Crippen LogP contribution in [0.3, 0.4) is 0 Å². The number of carbonyl (C=O) groups is 1. The van der Waals surface area contributed by atoms with E-state index in [9.17, 15) is 19.7 Å². The van der Waals surface area contributed by atoms with Gasteiger partial charge in [0.15, 0.2) is 6.61 Å². The van der Waals surface area contributed by atoms with E-state index in [0.717, 1.165) is 0 Å². The summed E-state index contributed by atoms with van der Waals surface area (Å²) in [5, 5.41) is 19.1. The van der Waals surface area contributed by atoms with Gasteiger partial charge in [-0.2, -0.15) is 5.10 Å². The van der Waals surface area contributed by atoms with Crippen LogP contribution in [0.15, 0.2) is 71.5 Å². The molecule has 0 saturated carbocycles. The van der Waals surface area contributed by atoms with Gasteiger partial charge in [-0.1, -0.05) is 18.2 Å². The zero-order valence-corrected chi connectivity index (χ0v) is 18.3. The summed E-state index contributed by atoms with van der Waals surface area (Å²) in [7, 11) is 3.07. The van der Waals surface area contributed by atoms with Crippen LogP contribution in [-0.4, -0.2) is 34.3 Å². The van der Waals surface area contributed by atoms with Crippen molar-refractivity contribution in [2.24, 2.45) is 7.05 Å². The maximum absolute atomic E-state index is 12.5. The van der Waals surface area contributed by atoms with Crippen LogP contribution in [0.1, 0.15) is 0 Å². The van der Waals surface area contributed by atoms with Gasteiger partial charge in [-0.25, -0.2) is 4.68 Å². The number of hydrogen-bond donors (Lipinski definition) is 1. The summed E-state index contributed by atoms with van der Waals surface area (Å²) >= 11 is 0. The molecule has 4 aromatic rings. The fourth-order valence-corrected chi connectivity index (χ4v) is 3.47.